The van der Waals surface area contributed by atoms with Gasteiger partial charge in [-0.2, -0.15) is 9.57 Å². The Labute approximate surface area is 159 Å². The van der Waals surface area contributed by atoms with Crippen molar-refractivity contribution >= 4 is 21.4 Å². The molecule has 0 bridgehead atoms. The van der Waals surface area contributed by atoms with Gasteiger partial charge in [-0.15, -0.1) is 11.3 Å². The van der Waals surface area contributed by atoms with E-state index in [4.69, 9.17) is 0 Å². The molecule has 1 unspecified atom stereocenters. The van der Waals surface area contributed by atoms with Crippen LogP contribution in [0.3, 0.4) is 0 Å². The largest absolute Gasteiger partial charge is 0.282 e. The van der Waals surface area contributed by atoms with Crippen LogP contribution in [0.25, 0.3) is 0 Å². The molecule has 0 amide bonds. The van der Waals surface area contributed by atoms with E-state index in [2.05, 4.69) is 11.0 Å². The molecular formula is C19H23N3O2S2. The fourth-order valence-corrected chi connectivity index (χ4v) is 6.00. The van der Waals surface area contributed by atoms with Gasteiger partial charge in [0.1, 0.15) is 10.3 Å². The van der Waals surface area contributed by atoms with Crippen molar-refractivity contribution in [3.63, 3.8) is 0 Å². The summed E-state index contributed by atoms with van der Waals surface area (Å²) in [5.41, 5.74) is 2.11. The van der Waals surface area contributed by atoms with Crippen molar-refractivity contribution in [3.05, 3.63) is 52.4 Å². The van der Waals surface area contributed by atoms with Gasteiger partial charge in [-0.1, -0.05) is 36.8 Å². The lowest BCUT2D eigenvalue weighted by Gasteiger charge is -2.36. The van der Waals surface area contributed by atoms with Gasteiger partial charge in [0, 0.05) is 31.1 Å². The van der Waals surface area contributed by atoms with Crippen LogP contribution in [0.15, 0.2) is 40.6 Å². The van der Waals surface area contributed by atoms with Crippen molar-refractivity contribution in [2.75, 3.05) is 26.2 Å². The van der Waals surface area contributed by atoms with E-state index < -0.39 is 10.0 Å². The molecule has 3 rings (SSSR count). The van der Waals surface area contributed by atoms with Gasteiger partial charge in [-0.3, -0.25) is 4.90 Å². The first kappa shape index (κ1) is 19.1. The molecule has 0 radical (unpaired) electrons. The Kier molecular flexibility index (Phi) is 5.78. The van der Waals surface area contributed by atoms with Crippen LogP contribution in [0, 0.1) is 18.3 Å². The van der Waals surface area contributed by atoms with Crippen molar-refractivity contribution in [1.82, 2.24) is 9.21 Å². The van der Waals surface area contributed by atoms with Crippen LogP contribution in [0.5, 0.6) is 0 Å². The van der Waals surface area contributed by atoms with Gasteiger partial charge in [0.25, 0.3) is 10.0 Å². The second kappa shape index (κ2) is 7.89. The summed E-state index contributed by atoms with van der Waals surface area (Å²) in [7, 11) is -3.44. The Morgan fingerprint density at radius 1 is 1.12 bits per heavy atom. The number of thiophene rings is 1. The Balaban J connectivity index is 1.70. The number of sulfonamides is 1. The maximum absolute atomic E-state index is 12.8. The minimum Gasteiger partial charge on any atom is -0.282 e. The van der Waals surface area contributed by atoms with Gasteiger partial charge in [0.15, 0.2) is 0 Å². The number of aryl methyl sites for hydroxylation is 2. The molecule has 0 saturated carbocycles. The highest BCUT2D eigenvalue weighted by Crippen LogP contribution is 2.28. The fourth-order valence-electron chi connectivity index (χ4n) is 3.13. The molecule has 1 aromatic carbocycles. The van der Waals surface area contributed by atoms with Crippen LogP contribution in [0.1, 0.15) is 29.0 Å². The summed E-state index contributed by atoms with van der Waals surface area (Å²) in [6.45, 7) is 5.96. The van der Waals surface area contributed by atoms with Gasteiger partial charge in [-0.25, -0.2) is 8.42 Å². The van der Waals surface area contributed by atoms with Crippen LogP contribution >= 0.6 is 11.3 Å². The highest BCUT2D eigenvalue weighted by molar-refractivity contribution is 7.91. The number of benzene rings is 1. The third kappa shape index (κ3) is 3.84. The highest BCUT2D eigenvalue weighted by Gasteiger charge is 2.32. The lowest BCUT2D eigenvalue weighted by molar-refractivity contribution is 0.163. The number of hydrogen-bond acceptors (Lipinski definition) is 5. The summed E-state index contributed by atoms with van der Waals surface area (Å²) >= 11 is 1.35. The first-order valence-corrected chi connectivity index (χ1v) is 11.0. The molecule has 0 N–H and O–H groups in total. The van der Waals surface area contributed by atoms with Gasteiger partial charge in [0.2, 0.25) is 0 Å². The maximum Gasteiger partial charge on any atom is 0.252 e. The lowest BCUT2D eigenvalue weighted by atomic mass is 10.0. The average Bonchev–Trinajstić information content (AvgIpc) is 3.14. The minimum atomic E-state index is -3.44. The predicted molar refractivity (Wildman–Crippen MR) is 104 cm³/mol. The van der Waals surface area contributed by atoms with Crippen LogP contribution in [-0.2, 0) is 16.4 Å². The zero-order valence-corrected chi connectivity index (χ0v) is 16.7. The first-order chi connectivity index (χ1) is 12.5. The standard InChI is InChI=1S/C19H23N3O2S2/c1-3-17-8-9-19(25-17)26(23,24)22-12-10-21(11-13-22)18(14-20)16-6-4-15(2)5-7-16/h4-9,18H,3,10-13H2,1-2H3. The highest BCUT2D eigenvalue weighted by atomic mass is 32.2. The predicted octanol–water partition coefficient (Wildman–Crippen LogP) is 3.19. The third-order valence-corrected chi connectivity index (χ3v) is 8.33. The summed E-state index contributed by atoms with van der Waals surface area (Å²) in [6, 6.07) is 13.6. The van der Waals surface area contributed by atoms with E-state index in [9.17, 15) is 13.7 Å². The summed E-state index contributed by atoms with van der Waals surface area (Å²) < 4.78 is 27.6. The first-order valence-electron chi connectivity index (χ1n) is 8.75. The van der Waals surface area contributed by atoms with Crippen LogP contribution in [-0.4, -0.2) is 43.8 Å². The second-order valence-corrected chi connectivity index (χ2v) is 9.79. The van der Waals surface area contributed by atoms with Crippen LogP contribution < -0.4 is 0 Å². The molecule has 1 saturated heterocycles. The van der Waals surface area contributed by atoms with Crippen molar-refractivity contribution in [2.45, 2.75) is 30.5 Å². The van der Waals surface area contributed by atoms with Gasteiger partial charge < -0.3 is 0 Å². The topological polar surface area (TPSA) is 64.4 Å². The normalized spacial score (nSPS) is 17.7. The molecule has 138 valence electrons. The van der Waals surface area contributed by atoms with Crippen molar-refractivity contribution in [2.24, 2.45) is 0 Å². The van der Waals surface area contributed by atoms with E-state index >= 15 is 0 Å². The number of nitriles is 1. The van der Waals surface area contributed by atoms with Gasteiger partial charge in [-0.05, 0) is 31.0 Å². The van der Waals surface area contributed by atoms with Crippen molar-refractivity contribution < 1.29 is 8.42 Å². The number of rotatable bonds is 5. The molecule has 2 aromatic rings. The SMILES string of the molecule is CCc1ccc(S(=O)(=O)N2CCN(C(C#N)c3ccc(C)cc3)CC2)s1. The summed E-state index contributed by atoms with van der Waals surface area (Å²) in [5.74, 6) is 0. The third-order valence-electron chi connectivity index (χ3n) is 4.73. The molecule has 1 atom stereocenters. The molecule has 1 aliphatic rings. The fraction of sp³-hybridized carbons (Fsp3) is 0.421. The molecule has 0 aliphatic carbocycles. The molecule has 1 fully saturated rings. The minimum absolute atomic E-state index is 0.339. The van der Waals surface area contributed by atoms with Gasteiger partial charge >= 0.3 is 0 Å². The number of piperazine rings is 1. The quantitative estimate of drug-likeness (QED) is 0.788. The molecule has 7 heteroatoms. The van der Waals surface area contributed by atoms with Gasteiger partial charge in [0.05, 0.1) is 6.07 Å². The van der Waals surface area contributed by atoms with E-state index in [0.717, 1.165) is 22.4 Å². The van der Waals surface area contributed by atoms with Crippen LogP contribution in [0.4, 0.5) is 0 Å². The monoisotopic (exact) mass is 389 g/mol. The number of hydrogen-bond donors (Lipinski definition) is 0. The molecule has 1 aliphatic heterocycles. The van der Waals surface area contributed by atoms with E-state index in [-0.39, 0.29) is 6.04 Å². The number of nitrogens with zero attached hydrogens (tertiary/aromatic N) is 3. The van der Waals surface area contributed by atoms with E-state index in [1.807, 2.05) is 44.2 Å². The molecule has 5 nitrogen and oxygen atoms in total. The molecular weight excluding hydrogens is 366 g/mol. The Bertz CT molecular complexity index is 890. The summed E-state index contributed by atoms with van der Waals surface area (Å²) in [6.07, 6.45) is 0.842. The zero-order chi connectivity index (χ0) is 18.7. The Hall–Kier alpha value is -1.72. The maximum atomic E-state index is 12.8. The smallest absolute Gasteiger partial charge is 0.252 e. The van der Waals surface area contributed by atoms with E-state index in [0.29, 0.717) is 30.4 Å². The zero-order valence-electron chi connectivity index (χ0n) is 15.1. The van der Waals surface area contributed by atoms with E-state index in [1.165, 1.54) is 11.3 Å². The van der Waals surface area contributed by atoms with Crippen molar-refractivity contribution in [1.29, 1.82) is 5.26 Å². The van der Waals surface area contributed by atoms with E-state index in [1.54, 1.807) is 10.4 Å². The van der Waals surface area contributed by atoms with Crippen LogP contribution in [0.2, 0.25) is 0 Å². The Morgan fingerprint density at radius 3 is 2.31 bits per heavy atom. The second-order valence-electron chi connectivity index (χ2n) is 6.46. The Morgan fingerprint density at radius 2 is 1.77 bits per heavy atom. The average molecular weight is 390 g/mol. The van der Waals surface area contributed by atoms with Crippen molar-refractivity contribution in [3.8, 4) is 6.07 Å². The molecule has 2 heterocycles. The molecule has 1 aromatic heterocycles. The summed E-state index contributed by atoms with van der Waals surface area (Å²) in [4.78, 5) is 3.13. The lowest BCUT2D eigenvalue weighted by Crippen LogP contribution is -2.49. The summed E-state index contributed by atoms with van der Waals surface area (Å²) in [5, 5.41) is 9.61. The molecule has 0 spiro atoms. The molecule has 26 heavy (non-hydrogen) atoms.